The number of hydrogen-bond donors (Lipinski definition) is 2. The smallest absolute Gasteiger partial charge is 0.258 e. The van der Waals surface area contributed by atoms with Gasteiger partial charge in [-0.25, -0.2) is 4.98 Å². The van der Waals surface area contributed by atoms with Crippen LogP contribution in [0.1, 0.15) is 24.2 Å². The molecule has 4 aromatic rings. The lowest BCUT2D eigenvalue weighted by Crippen LogP contribution is -2.23. The maximum absolute atomic E-state index is 13.4. The van der Waals surface area contributed by atoms with E-state index >= 15 is 0 Å². The molecule has 0 saturated heterocycles. The van der Waals surface area contributed by atoms with Crippen molar-refractivity contribution in [2.45, 2.75) is 20.4 Å². The molecule has 0 radical (unpaired) electrons. The summed E-state index contributed by atoms with van der Waals surface area (Å²) in [6.07, 6.45) is 3.39. The van der Waals surface area contributed by atoms with E-state index in [1.165, 1.54) is 7.11 Å². The third-order valence-corrected chi connectivity index (χ3v) is 4.89. The minimum absolute atomic E-state index is 0.149. The Balaban J connectivity index is 2.00. The summed E-state index contributed by atoms with van der Waals surface area (Å²) in [5, 5.41) is 11.3. The molecule has 0 aliphatic heterocycles. The summed E-state index contributed by atoms with van der Waals surface area (Å²) >= 11 is 0. The molecule has 0 bridgehead atoms. The zero-order chi connectivity index (χ0) is 20.5. The van der Waals surface area contributed by atoms with Gasteiger partial charge >= 0.3 is 0 Å². The van der Waals surface area contributed by atoms with Gasteiger partial charge in [0.1, 0.15) is 5.75 Å². The van der Waals surface area contributed by atoms with Crippen molar-refractivity contribution >= 4 is 27.8 Å². The topological polar surface area (TPSA) is 102 Å². The Morgan fingerprint density at radius 1 is 1.21 bits per heavy atom. The average molecular weight is 391 g/mol. The summed E-state index contributed by atoms with van der Waals surface area (Å²) in [5.41, 5.74) is 2.80. The van der Waals surface area contributed by atoms with Crippen LogP contribution in [0.5, 0.6) is 5.75 Å². The number of aromatic nitrogens is 4. The van der Waals surface area contributed by atoms with E-state index in [1.54, 1.807) is 41.2 Å². The summed E-state index contributed by atoms with van der Waals surface area (Å²) in [6.45, 7) is 4.77. The molecule has 0 aliphatic carbocycles. The Labute approximate surface area is 166 Å². The lowest BCUT2D eigenvalue weighted by Gasteiger charge is -2.13. The molecule has 0 spiro atoms. The molecule has 3 heterocycles. The monoisotopic (exact) mass is 391 g/mol. The van der Waals surface area contributed by atoms with E-state index in [2.05, 4.69) is 20.5 Å². The van der Waals surface area contributed by atoms with Crippen molar-refractivity contribution in [2.75, 3.05) is 13.7 Å². The Hall–Kier alpha value is -3.68. The largest absolute Gasteiger partial charge is 0.497 e. The van der Waals surface area contributed by atoms with Gasteiger partial charge in [-0.05, 0) is 43.7 Å². The Morgan fingerprint density at radius 3 is 2.76 bits per heavy atom. The van der Waals surface area contributed by atoms with E-state index in [9.17, 15) is 9.59 Å². The van der Waals surface area contributed by atoms with Gasteiger partial charge in [0.15, 0.2) is 5.65 Å². The van der Waals surface area contributed by atoms with E-state index in [0.717, 1.165) is 16.3 Å². The lowest BCUT2D eigenvalue weighted by atomic mass is 10.0. The van der Waals surface area contributed by atoms with E-state index in [-0.39, 0.29) is 11.5 Å². The number of rotatable bonds is 5. The second kappa shape index (κ2) is 7.38. The van der Waals surface area contributed by atoms with Crippen LogP contribution in [0, 0.1) is 0 Å². The second-order valence-corrected chi connectivity index (χ2v) is 6.61. The highest BCUT2D eigenvalue weighted by Crippen LogP contribution is 2.28. The predicted octanol–water partition coefficient (Wildman–Crippen LogP) is 2.72. The van der Waals surface area contributed by atoms with Crippen molar-refractivity contribution in [1.82, 2.24) is 25.1 Å². The molecule has 4 rings (SSSR count). The van der Waals surface area contributed by atoms with Crippen LogP contribution >= 0.6 is 0 Å². The van der Waals surface area contributed by atoms with Gasteiger partial charge < -0.3 is 14.6 Å². The Bertz CT molecular complexity index is 1290. The number of benzene rings is 1. The van der Waals surface area contributed by atoms with Crippen LogP contribution < -0.4 is 15.6 Å². The van der Waals surface area contributed by atoms with Crippen LogP contribution in [-0.2, 0) is 6.54 Å². The molecule has 8 heteroatoms. The first kappa shape index (κ1) is 18.7. The zero-order valence-electron chi connectivity index (χ0n) is 16.4. The van der Waals surface area contributed by atoms with E-state index in [1.807, 2.05) is 13.8 Å². The van der Waals surface area contributed by atoms with Crippen molar-refractivity contribution in [3.05, 3.63) is 52.6 Å². The van der Waals surface area contributed by atoms with E-state index in [0.29, 0.717) is 41.2 Å². The highest BCUT2D eigenvalue weighted by atomic mass is 16.5. The number of nitrogens with zero attached hydrogens (tertiary/aromatic N) is 3. The van der Waals surface area contributed by atoms with Gasteiger partial charge in [-0.3, -0.25) is 14.7 Å². The molecule has 29 heavy (non-hydrogen) atoms. The number of H-pyrrole nitrogens is 1. The molecule has 2 N–H and O–H groups in total. The fourth-order valence-electron chi connectivity index (χ4n) is 3.55. The summed E-state index contributed by atoms with van der Waals surface area (Å²) in [7, 11) is 1.53. The zero-order valence-corrected chi connectivity index (χ0v) is 16.4. The number of ether oxygens (including phenoxy) is 1. The van der Waals surface area contributed by atoms with Crippen molar-refractivity contribution < 1.29 is 9.53 Å². The Morgan fingerprint density at radius 2 is 2.03 bits per heavy atom. The third kappa shape index (κ3) is 3.12. The fourth-order valence-corrected chi connectivity index (χ4v) is 3.55. The molecular weight excluding hydrogens is 370 g/mol. The quantitative estimate of drug-likeness (QED) is 0.545. The molecule has 148 valence electrons. The van der Waals surface area contributed by atoms with Gasteiger partial charge in [0.05, 0.1) is 24.2 Å². The molecule has 0 aliphatic rings. The van der Waals surface area contributed by atoms with Crippen LogP contribution in [0.15, 0.2) is 41.5 Å². The maximum atomic E-state index is 13.4. The average Bonchev–Trinajstić information content (AvgIpc) is 3.22. The van der Waals surface area contributed by atoms with Crippen LogP contribution in [0.4, 0.5) is 0 Å². The lowest BCUT2D eigenvalue weighted by molar-refractivity contribution is 0.0955. The van der Waals surface area contributed by atoms with Gasteiger partial charge in [-0.15, -0.1) is 0 Å². The fraction of sp³-hybridized carbons (Fsp3) is 0.238. The molecule has 0 saturated carbocycles. The SMILES string of the molecule is CCNC(=O)c1cc(OC)cc(-c2cc3cnc4[nH]ncc4c3n(CC)c2=O)c1. The first-order valence-corrected chi connectivity index (χ1v) is 9.40. The van der Waals surface area contributed by atoms with Crippen molar-refractivity contribution in [1.29, 1.82) is 0 Å². The number of methoxy groups -OCH3 is 1. The van der Waals surface area contributed by atoms with Gasteiger partial charge in [-0.1, -0.05) is 0 Å². The summed E-state index contributed by atoms with van der Waals surface area (Å²) in [4.78, 5) is 30.1. The Kier molecular flexibility index (Phi) is 4.75. The highest BCUT2D eigenvalue weighted by Gasteiger charge is 2.16. The van der Waals surface area contributed by atoms with Gasteiger partial charge in [0.25, 0.3) is 11.5 Å². The number of nitrogens with one attached hydrogen (secondary N) is 2. The molecular formula is C21H21N5O3. The third-order valence-electron chi connectivity index (χ3n) is 4.89. The van der Waals surface area contributed by atoms with Crippen LogP contribution in [-0.4, -0.2) is 39.3 Å². The number of hydrogen-bond acceptors (Lipinski definition) is 5. The van der Waals surface area contributed by atoms with Crippen LogP contribution in [0.3, 0.4) is 0 Å². The first-order valence-electron chi connectivity index (χ1n) is 9.40. The van der Waals surface area contributed by atoms with Crippen molar-refractivity contribution in [3.8, 4) is 16.9 Å². The van der Waals surface area contributed by atoms with Gasteiger partial charge in [-0.2, -0.15) is 5.10 Å². The molecule has 0 atom stereocenters. The summed E-state index contributed by atoms with van der Waals surface area (Å²) in [5.74, 6) is 0.292. The number of carbonyl (C=O) groups is 1. The molecule has 0 unspecified atom stereocenters. The number of carbonyl (C=O) groups excluding carboxylic acids is 1. The number of pyridine rings is 2. The summed E-state index contributed by atoms with van der Waals surface area (Å²) in [6, 6.07) is 6.93. The molecule has 0 fully saturated rings. The van der Waals surface area contributed by atoms with E-state index < -0.39 is 0 Å². The molecule has 1 amide bonds. The minimum Gasteiger partial charge on any atom is -0.497 e. The van der Waals surface area contributed by atoms with Gasteiger partial charge in [0.2, 0.25) is 0 Å². The molecule has 3 aromatic heterocycles. The van der Waals surface area contributed by atoms with Crippen LogP contribution in [0.25, 0.3) is 33.1 Å². The number of aryl methyl sites for hydroxylation is 1. The van der Waals surface area contributed by atoms with Crippen LogP contribution in [0.2, 0.25) is 0 Å². The predicted molar refractivity (Wildman–Crippen MR) is 111 cm³/mol. The minimum atomic E-state index is -0.217. The van der Waals surface area contributed by atoms with Crippen molar-refractivity contribution in [2.24, 2.45) is 0 Å². The van der Waals surface area contributed by atoms with E-state index in [4.69, 9.17) is 4.74 Å². The standard InChI is InChI=1S/C21H21N5O3/c1-4-22-20(27)13-6-12(7-15(8-13)29-3)16-9-14-10-23-19-17(11-24-25-19)18(14)26(5-2)21(16)28/h6-11H,4-5H2,1-3H3,(H,22,27)(H,23,24,25). The van der Waals surface area contributed by atoms with Gasteiger partial charge in [0, 0.05) is 35.8 Å². The highest BCUT2D eigenvalue weighted by molar-refractivity contribution is 6.03. The number of fused-ring (bicyclic) bond motifs is 3. The van der Waals surface area contributed by atoms with Crippen molar-refractivity contribution in [3.63, 3.8) is 0 Å². The second-order valence-electron chi connectivity index (χ2n) is 6.61. The normalized spacial score (nSPS) is 11.1. The summed E-state index contributed by atoms with van der Waals surface area (Å²) < 4.78 is 7.07. The number of amides is 1. The molecule has 1 aromatic carbocycles. The molecule has 8 nitrogen and oxygen atoms in total. The first-order chi connectivity index (χ1) is 14.1. The number of aromatic amines is 1. The maximum Gasteiger partial charge on any atom is 0.258 e.